The molecular weight excluding hydrogens is 292 g/mol. The first-order valence-electron chi connectivity index (χ1n) is 6.61. The van der Waals surface area contributed by atoms with E-state index < -0.39 is 17.3 Å². The molecule has 1 amide bonds. The molecule has 0 aliphatic rings. The third-order valence-corrected chi connectivity index (χ3v) is 4.01. The van der Waals surface area contributed by atoms with Gasteiger partial charge in [0.25, 0.3) is 0 Å². The van der Waals surface area contributed by atoms with Crippen molar-refractivity contribution < 1.29 is 14.7 Å². The molecule has 0 atom stereocenters. The highest BCUT2D eigenvalue weighted by Gasteiger charge is 2.37. The maximum atomic E-state index is 12.1. The molecule has 112 valence electrons. The summed E-state index contributed by atoms with van der Waals surface area (Å²) in [6.07, 6.45) is 0.582. The Morgan fingerprint density at radius 1 is 1.38 bits per heavy atom. The number of carboxylic acids is 1. The molecule has 1 aromatic rings. The van der Waals surface area contributed by atoms with Crippen molar-refractivity contribution in [3.05, 3.63) is 28.8 Å². The van der Waals surface area contributed by atoms with E-state index in [1.165, 1.54) is 18.2 Å². The van der Waals surface area contributed by atoms with Crippen LogP contribution in [0.4, 0.5) is 5.69 Å². The van der Waals surface area contributed by atoms with Crippen molar-refractivity contribution in [2.24, 2.45) is 5.41 Å². The zero-order chi connectivity index (χ0) is 16.0. The summed E-state index contributed by atoms with van der Waals surface area (Å²) in [7, 11) is 0. The highest BCUT2D eigenvalue weighted by molar-refractivity contribution is 6.33. The van der Waals surface area contributed by atoms with Crippen LogP contribution in [0.1, 0.15) is 38.7 Å². The smallest absolute Gasteiger partial charge is 0.310 e. The Hall–Kier alpha value is -2.06. The lowest BCUT2D eigenvalue weighted by atomic mass is 9.79. The van der Waals surface area contributed by atoms with E-state index >= 15 is 0 Å². The van der Waals surface area contributed by atoms with Crippen LogP contribution in [0.5, 0.6) is 0 Å². The molecule has 0 spiro atoms. The standard InChI is InChI=1S/C15H17ClN2O3/c1-3-15(4-2,14(20)21)8-13(19)18-12-7-10(9-17)5-6-11(12)16/h5-7H,3-4,8H2,1-2H3,(H,18,19)(H,20,21). The molecule has 0 bridgehead atoms. The fourth-order valence-electron chi connectivity index (χ4n) is 2.07. The number of amides is 1. The number of nitrogens with zero attached hydrogens (tertiary/aromatic N) is 1. The van der Waals surface area contributed by atoms with Crippen LogP contribution in [-0.2, 0) is 9.59 Å². The van der Waals surface area contributed by atoms with Crippen LogP contribution in [-0.4, -0.2) is 17.0 Å². The molecule has 21 heavy (non-hydrogen) atoms. The molecule has 0 aromatic heterocycles. The van der Waals surface area contributed by atoms with E-state index in [2.05, 4.69) is 5.32 Å². The molecule has 0 aliphatic carbocycles. The van der Waals surface area contributed by atoms with Gasteiger partial charge >= 0.3 is 5.97 Å². The second-order valence-electron chi connectivity index (χ2n) is 4.82. The molecular formula is C15H17ClN2O3. The Morgan fingerprint density at radius 2 is 2.00 bits per heavy atom. The van der Waals surface area contributed by atoms with Crippen LogP contribution >= 0.6 is 11.6 Å². The number of hydrogen-bond donors (Lipinski definition) is 2. The lowest BCUT2D eigenvalue weighted by molar-refractivity contribution is -0.151. The summed E-state index contributed by atoms with van der Waals surface area (Å²) in [4.78, 5) is 23.5. The van der Waals surface area contributed by atoms with E-state index in [0.717, 1.165) is 0 Å². The van der Waals surface area contributed by atoms with Gasteiger partial charge in [0.05, 0.1) is 27.8 Å². The van der Waals surface area contributed by atoms with Gasteiger partial charge in [-0.05, 0) is 31.0 Å². The number of halogens is 1. The summed E-state index contributed by atoms with van der Waals surface area (Å²) in [5.41, 5.74) is -0.402. The minimum Gasteiger partial charge on any atom is -0.481 e. The Morgan fingerprint density at radius 3 is 2.48 bits per heavy atom. The van der Waals surface area contributed by atoms with E-state index in [0.29, 0.717) is 29.1 Å². The first-order chi connectivity index (χ1) is 9.88. The van der Waals surface area contributed by atoms with Crippen molar-refractivity contribution >= 4 is 29.2 Å². The second kappa shape index (κ2) is 7.09. The van der Waals surface area contributed by atoms with Gasteiger partial charge in [0.1, 0.15) is 0 Å². The number of aliphatic carboxylic acids is 1. The van der Waals surface area contributed by atoms with E-state index in [1.807, 2.05) is 6.07 Å². The summed E-state index contributed by atoms with van der Waals surface area (Å²) >= 11 is 5.96. The number of hydrogen-bond acceptors (Lipinski definition) is 3. The van der Waals surface area contributed by atoms with E-state index in [1.54, 1.807) is 13.8 Å². The van der Waals surface area contributed by atoms with Crippen molar-refractivity contribution in [2.45, 2.75) is 33.1 Å². The van der Waals surface area contributed by atoms with Gasteiger partial charge in [0.15, 0.2) is 0 Å². The quantitative estimate of drug-likeness (QED) is 0.842. The molecule has 5 nitrogen and oxygen atoms in total. The third kappa shape index (κ3) is 3.96. The number of nitrogens with one attached hydrogen (secondary N) is 1. The van der Waals surface area contributed by atoms with Crippen molar-refractivity contribution in [2.75, 3.05) is 5.32 Å². The molecule has 0 radical (unpaired) electrons. The SMILES string of the molecule is CCC(CC)(CC(=O)Nc1cc(C#N)ccc1Cl)C(=O)O. The molecule has 1 aromatic carbocycles. The van der Waals surface area contributed by atoms with Crippen LogP contribution in [0.3, 0.4) is 0 Å². The number of carbonyl (C=O) groups is 2. The Kier molecular flexibility index (Phi) is 5.74. The average Bonchev–Trinajstić information content (AvgIpc) is 2.46. The van der Waals surface area contributed by atoms with Gasteiger partial charge in [-0.25, -0.2) is 0 Å². The minimum atomic E-state index is -1.08. The fourth-order valence-corrected chi connectivity index (χ4v) is 2.24. The molecule has 2 N–H and O–H groups in total. The zero-order valence-electron chi connectivity index (χ0n) is 11.9. The Bertz CT molecular complexity index is 589. The zero-order valence-corrected chi connectivity index (χ0v) is 12.7. The summed E-state index contributed by atoms with van der Waals surface area (Å²) in [5.74, 6) is -1.42. The topological polar surface area (TPSA) is 90.2 Å². The van der Waals surface area contributed by atoms with Crippen LogP contribution < -0.4 is 5.32 Å². The molecule has 0 fully saturated rings. The Balaban J connectivity index is 2.92. The summed E-state index contributed by atoms with van der Waals surface area (Å²) < 4.78 is 0. The van der Waals surface area contributed by atoms with Crippen LogP contribution in [0.2, 0.25) is 5.02 Å². The normalized spacial score (nSPS) is 10.8. The second-order valence-corrected chi connectivity index (χ2v) is 5.23. The van der Waals surface area contributed by atoms with Crippen LogP contribution in [0.25, 0.3) is 0 Å². The van der Waals surface area contributed by atoms with E-state index in [4.69, 9.17) is 16.9 Å². The maximum absolute atomic E-state index is 12.1. The number of carbonyl (C=O) groups excluding carboxylic acids is 1. The first kappa shape index (κ1) is 17.0. The Labute approximate surface area is 128 Å². The van der Waals surface area contributed by atoms with Gasteiger partial charge in [0, 0.05) is 6.42 Å². The molecule has 0 unspecified atom stereocenters. The van der Waals surface area contributed by atoms with Gasteiger partial charge in [-0.1, -0.05) is 25.4 Å². The predicted octanol–water partition coefficient (Wildman–Crippen LogP) is 3.43. The molecule has 0 saturated heterocycles. The maximum Gasteiger partial charge on any atom is 0.310 e. The summed E-state index contributed by atoms with van der Waals surface area (Å²) in [5, 5.41) is 21.0. The molecule has 0 saturated carbocycles. The predicted molar refractivity (Wildman–Crippen MR) is 80.1 cm³/mol. The van der Waals surface area contributed by atoms with Crippen LogP contribution in [0.15, 0.2) is 18.2 Å². The highest BCUT2D eigenvalue weighted by Crippen LogP contribution is 2.32. The molecule has 6 heteroatoms. The lowest BCUT2D eigenvalue weighted by Crippen LogP contribution is -2.34. The molecule has 0 heterocycles. The molecule has 0 aliphatic heterocycles. The molecule has 1 rings (SSSR count). The van der Waals surface area contributed by atoms with Gasteiger partial charge < -0.3 is 10.4 Å². The number of nitriles is 1. The minimum absolute atomic E-state index is 0.136. The van der Waals surface area contributed by atoms with Crippen molar-refractivity contribution in [1.29, 1.82) is 5.26 Å². The lowest BCUT2D eigenvalue weighted by Gasteiger charge is -2.25. The number of benzene rings is 1. The van der Waals surface area contributed by atoms with E-state index in [9.17, 15) is 14.7 Å². The van der Waals surface area contributed by atoms with Gasteiger partial charge in [0.2, 0.25) is 5.91 Å². The van der Waals surface area contributed by atoms with Gasteiger partial charge in [-0.15, -0.1) is 0 Å². The highest BCUT2D eigenvalue weighted by atomic mass is 35.5. The van der Waals surface area contributed by atoms with Crippen molar-refractivity contribution in [3.8, 4) is 6.07 Å². The van der Waals surface area contributed by atoms with Gasteiger partial charge in [-0.3, -0.25) is 9.59 Å². The number of anilines is 1. The first-order valence-corrected chi connectivity index (χ1v) is 6.99. The van der Waals surface area contributed by atoms with Crippen molar-refractivity contribution in [3.63, 3.8) is 0 Å². The largest absolute Gasteiger partial charge is 0.481 e. The monoisotopic (exact) mass is 308 g/mol. The number of carboxylic acid groups (broad SMARTS) is 1. The van der Waals surface area contributed by atoms with E-state index in [-0.39, 0.29) is 6.42 Å². The third-order valence-electron chi connectivity index (χ3n) is 3.68. The van der Waals surface area contributed by atoms with Crippen LogP contribution in [0, 0.1) is 16.7 Å². The van der Waals surface area contributed by atoms with Crippen molar-refractivity contribution in [1.82, 2.24) is 0 Å². The number of rotatable bonds is 6. The average molecular weight is 309 g/mol. The summed E-state index contributed by atoms with van der Waals surface area (Å²) in [6.45, 7) is 3.49. The summed E-state index contributed by atoms with van der Waals surface area (Å²) in [6, 6.07) is 6.46. The fraction of sp³-hybridized carbons (Fsp3) is 0.400. The van der Waals surface area contributed by atoms with Gasteiger partial charge in [-0.2, -0.15) is 5.26 Å².